The van der Waals surface area contributed by atoms with E-state index in [0.29, 0.717) is 17.9 Å². The first-order chi connectivity index (χ1) is 8.31. The molecule has 0 aromatic heterocycles. The predicted octanol–water partition coefficient (Wildman–Crippen LogP) is 2.76. The van der Waals surface area contributed by atoms with Crippen molar-refractivity contribution in [1.82, 2.24) is 4.90 Å². The maximum absolute atomic E-state index is 11.8. The molecule has 2 heterocycles. The number of rotatable bonds is 1. The SMILES string of the molecule is O=C1CC2CCCC(C1)N2C1CC2CCC1C2. The Morgan fingerprint density at radius 2 is 1.71 bits per heavy atom. The molecule has 0 amide bonds. The molecule has 4 rings (SSSR count). The highest BCUT2D eigenvalue weighted by molar-refractivity contribution is 5.80. The van der Waals surface area contributed by atoms with Gasteiger partial charge in [0, 0.05) is 31.0 Å². The molecule has 5 atom stereocenters. The van der Waals surface area contributed by atoms with Crippen molar-refractivity contribution < 1.29 is 4.79 Å². The number of ketones is 1. The smallest absolute Gasteiger partial charge is 0.136 e. The Kier molecular flexibility index (Phi) is 2.36. The van der Waals surface area contributed by atoms with Gasteiger partial charge >= 0.3 is 0 Å². The van der Waals surface area contributed by atoms with Crippen molar-refractivity contribution >= 4 is 5.78 Å². The number of nitrogens with zero attached hydrogens (tertiary/aromatic N) is 1. The summed E-state index contributed by atoms with van der Waals surface area (Å²) in [5.41, 5.74) is 0. The molecule has 2 nitrogen and oxygen atoms in total. The standard InChI is InChI=1S/C15H23NO/c17-14-8-12-2-1-3-13(9-14)16(12)15-7-10-4-5-11(15)6-10/h10-13,15H,1-9H2. The van der Waals surface area contributed by atoms with Crippen LogP contribution in [0.5, 0.6) is 0 Å². The fourth-order valence-corrected chi connectivity index (χ4v) is 5.33. The van der Waals surface area contributed by atoms with Crippen LogP contribution in [0.3, 0.4) is 0 Å². The number of carbonyl (C=O) groups excluding carboxylic acids is 1. The molecule has 2 saturated carbocycles. The molecule has 17 heavy (non-hydrogen) atoms. The third kappa shape index (κ3) is 1.60. The second kappa shape index (κ2) is 3.81. The van der Waals surface area contributed by atoms with E-state index < -0.39 is 0 Å². The third-order valence-corrected chi connectivity index (χ3v) is 5.93. The summed E-state index contributed by atoms with van der Waals surface area (Å²) in [5.74, 6) is 2.55. The van der Waals surface area contributed by atoms with Crippen molar-refractivity contribution in [1.29, 1.82) is 0 Å². The van der Waals surface area contributed by atoms with Crippen molar-refractivity contribution in [2.24, 2.45) is 11.8 Å². The van der Waals surface area contributed by atoms with E-state index in [-0.39, 0.29) is 0 Å². The first-order valence-corrected chi connectivity index (χ1v) is 7.60. The molecule has 0 aromatic rings. The molecular formula is C15H23NO. The van der Waals surface area contributed by atoms with Gasteiger partial charge in [0.15, 0.2) is 0 Å². The minimum atomic E-state index is 0.541. The molecule has 2 saturated heterocycles. The highest BCUT2D eigenvalue weighted by Crippen LogP contribution is 2.49. The van der Waals surface area contributed by atoms with Crippen LogP contribution in [0.1, 0.15) is 57.8 Å². The molecule has 94 valence electrons. The fourth-order valence-electron chi connectivity index (χ4n) is 5.33. The average molecular weight is 233 g/mol. The van der Waals surface area contributed by atoms with Gasteiger partial charge in [0.2, 0.25) is 0 Å². The molecular weight excluding hydrogens is 210 g/mol. The maximum Gasteiger partial charge on any atom is 0.136 e. The van der Waals surface area contributed by atoms with E-state index in [1.165, 1.54) is 44.9 Å². The van der Waals surface area contributed by atoms with Crippen molar-refractivity contribution in [3.8, 4) is 0 Å². The van der Waals surface area contributed by atoms with Gasteiger partial charge in [0.1, 0.15) is 5.78 Å². The van der Waals surface area contributed by atoms with Crippen LogP contribution in [-0.2, 0) is 4.79 Å². The Balaban J connectivity index is 1.58. The van der Waals surface area contributed by atoms with E-state index in [2.05, 4.69) is 4.90 Å². The normalized spacial score (nSPS) is 49.9. The predicted molar refractivity (Wildman–Crippen MR) is 66.7 cm³/mol. The van der Waals surface area contributed by atoms with Gasteiger partial charge in [-0.2, -0.15) is 0 Å². The summed E-state index contributed by atoms with van der Waals surface area (Å²) in [5, 5.41) is 0. The van der Waals surface area contributed by atoms with Crippen LogP contribution in [0.2, 0.25) is 0 Å². The van der Waals surface area contributed by atoms with Gasteiger partial charge in [-0.15, -0.1) is 0 Å². The molecule has 4 fully saturated rings. The van der Waals surface area contributed by atoms with E-state index in [1.807, 2.05) is 0 Å². The zero-order valence-electron chi connectivity index (χ0n) is 10.6. The van der Waals surface area contributed by atoms with Crippen molar-refractivity contribution in [3.63, 3.8) is 0 Å². The van der Waals surface area contributed by atoms with Gasteiger partial charge in [-0.1, -0.05) is 12.8 Å². The van der Waals surface area contributed by atoms with Crippen LogP contribution >= 0.6 is 0 Å². The van der Waals surface area contributed by atoms with Crippen LogP contribution < -0.4 is 0 Å². The summed E-state index contributed by atoms with van der Waals surface area (Å²) < 4.78 is 0. The fraction of sp³-hybridized carbons (Fsp3) is 0.933. The second-order valence-electron chi connectivity index (χ2n) is 6.87. The molecule has 0 spiro atoms. The Labute approximate surface area is 104 Å². The molecule has 4 aliphatic rings. The average Bonchev–Trinajstić information content (AvgIpc) is 2.89. The first kappa shape index (κ1) is 10.5. The number of fused-ring (bicyclic) bond motifs is 4. The van der Waals surface area contributed by atoms with Crippen LogP contribution in [0.15, 0.2) is 0 Å². The molecule has 0 aromatic carbocycles. The lowest BCUT2D eigenvalue weighted by Gasteiger charge is -2.50. The van der Waals surface area contributed by atoms with E-state index in [9.17, 15) is 4.79 Å². The Bertz CT molecular complexity index is 324. The quantitative estimate of drug-likeness (QED) is 0.694. The van der Waals surface area contributed by atoms with E-state index in [1.54, 1.807) is 0 Å². The molecule has 5 unspecified atom stereocenters. The zero-order valence-corrected chi connectivity index (χ0v) is 10.6. The molecule has 4 bridgehead atoms. The summed E-state index contributed by atoms with van der Waals surface area (Å²) in [6.07, 6.45) is 11.6. The second-order valence-corrected chi connectivity index (χ2v) is 6.87. The highest BCUT2D eigenvalue weighted by atomic mass is 16.1. The monoisotopic (exact) mass is 233 g/mol. The minimum Gasteiger partial charge on any atom is -0.300 e. The van der Waals surface area contributed by atoms with E-state index in [4.69, 9.17) is 0 Å². The highest BCUT2D eigenvalue weighted by Gasteiger charge is 2.48. The van der Waals surface area contributed by atoms with Crippen LogP contribution in [0, 0.1) is 11.8 Å². The Hall–Kier alpha value is -0.370. The van der Waals surface area contributed by atoms with E-state index >= 15 is 0 Å². The van der Waals surface area contributed by atoms with Gasteiger partial charge in [-0.05, 0) is 43.9 Å². The molecule has 0 N–H and O–H groups in total. The van der Waals surface area contributed by atoms with Crippen LogP contribution in [-0.4, -0.2) is 28.8 Å². The Morgan fingerprint density at radius 1 is 0.941 bits per heavy atom. The lowest BCUT2D eigenvalue weighted by atomic mass is 9.80. The van der Waals surface area contributed by atoms with Gasteiger partial charge < -0.3 is 0 Å². The summed E-state index contributed by atoms with van der Waals surface area (Å²) in [6, 6.07) is 2.11. The van der Waals surface area contributed by atoms with E-state index in [0.717, 1.165) is 30.7 Å². The molecule has 2 heteroatoms. The van der Waals surface area contributed by atoms with Gasteiger partial charge in [-0.25, -0.2) is 0 Å². The summed E-state index contributed by atoms with van der Waals surface area (Å²) in [7, 11) is 0. The lowest BCUT2D eigenvalue weighted by molar-refractivity contribution is -0.129. The lowest BCUT2D eigenvalue weighted by Crippen LogP contribution is -2.57. The molecule has 2 aliphatic heterocycles. The molecule has 2 aliphatic carbocycles. The number of hydrogen-bond acceptors (Lipinski definition) is 2. The maximum atomic E-state index is 11.8. The molecule has 0 radical (unpaired) electrons. The first-order valence-electron chi connectivity index (χ1n) is 7.60. The van der Waals surface area contributed by atoms with Gasteiger partial charge in [-0.3, -0.25) is 9.69 Å². The van der Waals surface area contributed by atoms with Gasteiger partial charge in [0.05, 0.1) is 0 Å². The largest absolute Gasteiger partial charge is 0.300 e. The number of piperidine rings is 2. The topological polar surface area (TPSA) is 20.3 Å². The van der Waals surface area contributed by atoms with Crippen molar-refractivity contribution in [2.75, 3.05) is 0 Å². The minimum absolute atomic E-state index is 0.541. The third-order valence-electron chi connectivity index (χ3n) is 5.93. The van der Waals surface area contributed by atoms with Crippen molar-refractivity contribution in [3.05, 3.63) is 0 Å². The Morgan fingerprint density at radius 3 is 2.29 bits per heavy atom. The summed E-state index contributed by atoms with van der Waals surface area (Å²) >= 11 is 0. The number of carbonyl (C=O) groups is 1. The van der Waals surface area contributed by atoms with Crippen LogP contribution in [0.25, 0.3) is 0 Å². The summed E-state index contributed by atoms with van der Waals surface area (Å²) in [4.78, 5) is 14.6. The van der Waals surface area contributed by atoms with Gasteiger partial charge in [0.25, 0.3) is 0 Å². The zero-order chi connectivity index (χ0) is 11.4. The van der Waals surface area contributed by atoms with Crippen LogP contribution in [0.4, 0.5) is 0 Å². The number of hydrogen-bond donors (Lipinski definition) is 0. The van der Waals surface area contributed by atoms with Crippen molar-refractivity contribution in [2.45, 2.75) is 75.9 Å². The summed E-state index contributed by atoms with van der Waals surface area (Å²) in [6.45, 7) is 0. The number of Topliss-reactive ketones (excluding diaryl/α,β-unsaturated/α-hetero) is 1.